The highest BCUT2D eigenvalue weighted by molar-refractivity contribution is 5.91. The second kappa shape index (κ2) is 3.87. The van der Waals surface area contributed by atoms with Crippen molar-refractivity contribution in [2.45, 2.75) is 51.0 Å². The molecule has 0 atom stereocenters. The van der Waals surface area contributed by atoms with Crippen LogP contribution in [-0.2, 0) is 10.2 Å². The zero-order chi connectivity index (χ0) is 14.7. The quantitative estimate of drug-likeness (QED) is 0.902. The zero-order valence-corrected chi connectivity index (χ0v) is 12.0. The third-order valence-corrected chi connectivity index (χ3v) is 4.28. The van der Waals surface area contributed by atoms with Gasteiger partial charge in [0.25, 0.3) is 0 Å². The molecule has 1 aromatic heterocycles. The number of rotatable bonds is 2. The van der Waals surface area contributed by atoms with Gasteiger partial charge in [-0.1, -0.05) is 0 Å². The molecule has 0 saturated heterocycles. The highest BCUT2D eigenvalue weighted by Crippen LogP contribution is 2.65. The van der Waals surface area contributed by atoms with E-state index in [0.717, 1.165) is 35.3 Å². The molecule has 108 valence electrons. The van der Waals surface area contributed by atoms with Gasteiger partial charge in [-0.3, -0.25) is 0 Å². The summed E-state index contributed by atoms with van der Waals surface area (Å²) in [6, 6.07) is 1.63. The van der Waals surface area contributed by atoms with Crippen molar-refractivity contribution in [2.75, 3.05) is 0 Å². The Morgan fingerprint density at radius 3 is 2.35 bits per heavy atom. The molecule has 1 aromatic rings. The molecule has 0 amide bonds. The molecular weight excluding hydrogens is 258 g/mol. The fourth-order valence-corrected chi connectivity index (χ4v) is 3.21. The number of ether oxygens (including phenoxy) is 1. The summed E-state index contributed by atoms with van der Waals surface area (Å²) >= 11 is 0. The first-order chi connectivity index (χ1) is 9.20. The summed E-state index contributed by atoms with van der Waals surface area (Å²) in [7, 11) is 0. The van der Waals surface area contributed by atoms with Crippen LogP contribution in [0.5, 0.6) is 0 Å². The first-order valence-electron chi connectivity index (χ1n) is 6.90. The van der Waals surface area contributed by atoms with E-state index < -0.39 is 17.7 Å². The second-order valence-corrected chi connectivity index (χ2v) is 7.03. The predicted octanol–water partition coefficient (Wildman–Crippen LogP) is 3.02. The lowest BCUT2D eigenvalue weighted by molar-refractivity contribution is -0.0274. The molecule has 3 aliphatic rings. The number of hydrogen-bond donors (Lipinski definition) is 1. The molecular formula is C15H19NO4. The Hall–Kier alpha value is -1.78. The van der Waals surface area contributed by atoms with Crippen LogP contribution in [0.1, 0.15) is 56.1 Å². The van der Waals surface area contributed by atoms with Gasteiger partial charge in [0.2, 0.25) is 0 Å². The van der Waals surface area contributed by atoms with Crippen LogP contribution in [0.4, 0.5) is 4.79 Å². The monoisotopic (exact) mass is 277 g/mol. The van der Waals surface area contributed by atoms with Gasteiger partial charge in [-0.15, -0.1) is 0 Å². The summed E-state index contributed by atoms with van der Waals surface area (Å²) in [4.78, 5) is 23.4. The van der Waals surface area contributed by atoms with Crippen LogP contribution in [0.15, 0.2) is 12.3 Å². The fraction of sp³-hybridized carbons (Fsp3) is 0.600. The average Bonchev–Trinajstić information content (AvgIpc) is 2.54. The van der Waals surface area contributed by atoms with Crippen molar-refractivity contribution >= 4 is 12.1 Å². The van der Waals surface area contributed by atoms with E-state index in [2.05, 4.69) is 0 Å². The van der Waals surface area contributed by atoms with Gasteiger partial charge in [-0.2, -0.15) is 0 Å². The highest BCUT2D eigenvalue weighted by atomic mass is 16.6. The average molecular weight is 277 g/mol. The summed E-state index contributed by atoms with van der Waals surface area (Å²) in [5.41, 5.74) is 0.428. The number of nitrogens with zero attached hydrogens (tertiary/aromatic N) is 1. The van der Waals surface area contributed by atoms with Crippen LogP contribution >= 0.6 is 0 Å². The van der Waals surface area contributed by atoms with Gasteiger partial charge in [-0.25, -0.2) is 14.2 Å². The normalized spacial score (nSPS) is 27.4. The largest absolute Gasteiger partial charge is 0.477 e. The molecule has 5 heteroatoms. The molecule has 0 aliphatic heterocycles. The van der Waals surface area contributed by atoms with E-state index in [1.165, 1.54) is 0 Å². The highest BCUT2D eigenvalue weighted by Gasteiger charge is 2.58. The molecule has 4 rings (SSSR count). The van der Waals surface area contributed by atoms with Gasteiger partial charge in [0.05, 0.1) is 0 Å². The Balaban J connectivity index is 1.92. The van der Waals surface area contributed by atoms with Gasteiger partial charge in [0.1, 0.15) is 11.3 Å². The molecule has 0 unspecified atom stereocenters. The van der Waals surface area contributed by atoms with Crippen molar-refractivity contribution in [3.05, 3.63) is 23.5 Å². The lowest BCUT2D eigenvalue weighted by atomic mass is 9.42. The predicted molar refractivity (Wildman–Crippen MR) is 72.0 cm³/mol. The van der Waals surface area contributed by atoms with Crippen molar-refractivity contribution < 1.29 is 19.4 Å². The van der Waals surface area contributed by atoms with Gasteiger partial charge in [0.15, 0.2) is 0 Å². The molecule has 3 aliphatic carbocycles. The van der Waals surface area contributed by atoms with Crippen molar-refractivity contribution in [3.63, 3.8) is 0 Å². The van der Waals surface area contributed by atoms with Crippen LogP contribution in [0, 0.1) is 5.92 Å². The van der Waals surface area contributed by atoms with Gasteiger partial charge >= 0.3 is 12.1 Å². The number of carbonyl (C=O) groups is 2. The van der Waals surface area contributed by atoms with E-state index >= 15 is 0 Å². The van der Waals surface area contributed by atoms with E-state index in [1.54, 1.807) is 33.0 Å². The van der Waals surface area contributed by atoms with E-state index in [1.807, 2.05) is 0 Å². The summed E-state index contributed by atoms with van der Waals surface area (Å²) < 4.78 is 6.39. The smallest absolute Gasteiger partial charge is 0.419 e. The Labute approximate surface area is 117 Å². The van der Waals surface area contributed by atoms with Crippen LogP contribution in [0.3, 0.4) is 0 Å². The molecule has 1 heterocycles. The van der Waals surface area contributed by atoms with Crippen molar-refractivity contribution in [1.82, 2.24) is 4.57 Å². The van der Waals surface area contributed by atoms with E-state index in [9.17, 15) is 14.7 Å². The fourth-order valence-electron chi connectivity index (χ4n) is 3.21. The summed E-state index contributed by atoms with van der Waals surface area (Å²) in [5, 5.41) is 9.27. The number of carbonyl (C=O) groups excluding carboxylic acids is 1. The van der Waals surface area contributed by atoms with Crippen LogP contribution < -0.4 is 0 Å². The molecule has 3 fully saturated rings. The van der Waals surface area contributed by atoms with Crippen molar-refractivity contribution in [3.8, 4) is 0 Å². The number of hydrogen-bond acceptors (Lipinski definition) is 3. The third kappa shape index (κ3) is 1.92. The molecule has 1 N–H and O–H groups in total. The minimum atomic E-state index is -1.10. The molecule has 0 spiro atoms. The molecule has 0 radical (unpaired) electrons. The topological polar surface area (TPSA) is 68.5 Å². The van der Waals surface area contributed by atoms with Crippen molar-refractivity contribution in [1.29, 1.82) is 0 Å². The Morgan fingerprint density at radius 2 is 1.95 bits per heavy atom. The summed E-state index contributed by atoms with van der Waals surface area (Å²) in [6.45, 7) is 5.28. The molecule has 2 bridgehead atoms. The maximum absolute atomic E-state index is 12.1. The van der Waals surface area contributed by atoms with Crippen molar-refractivity contribution in [2.24, 2.45) is 5.92 Å². The molecule has 20 heavy (non-hydrogen) atoms. The summed E-state index contributed by atoms with van der Waals surface area (Å²) in [6.07, 6.45) is 4.36. The zero-order valence-electron chi connectivity index (χ0n) is 12.0. The van der Waals surface area contributed by atoms with Gasteiger partial charge in [0, 0.05) is 6.20 Å². The lowest BCUT2D eigenvalue weighted by Gasteiger charge is -2.62. The SMILES string of the molecule is CC(C)(C)OC(=O)n1cc(C23CC(C2)C3)cc1C(=O)O. The number of carboxylic acids is 1. The van der Waals surface area contributed by atoms with Crippen LogP contribution in [0.2, 0.25) is 0 Å². The number of aromatic carboxylic acids is 1. The maximum atomic E-state index is 12.1. The van der Waals surface area contributed by atoms with Gasteiger partial charge < -0.3 is 9.84 Å². The van der Waals surface area contributed by atoms with Gasteiger partial charge in [-0.05, 0) is 63.0 Å². The maximum Gasteiger partial charge on any atom is 0.419 e. The minimum Gasteiger partial charge on any atom is -0.477 e. The lowest BCUT2D eigenvalue weighted by Crippen LogP contribution is -2.55. The van der Waals surface area contributed by atoms with E-state index in [4.69, 9.17) is 4.74 Å². The molecule has 0 aromatic carbocycles. The first-order valence-corrected chi connectivity index (χ1v) is 6.90. The first kappa shape index (κ1) is 13.2. The second-order valence-electron chi connectivity index (χ2n) is 7.03. The third-order valence-electron chi connectivity index (χ3n) is 4.28. The Morgan fingerprint density at radius 1 is 1.35 bits per heavy atom. The standard InChI is InChI=1S/C15H19NO4/c1-14(2,3)20-13(19)16-8-10(4-11(16)12(17)18)15-5-9(6-15)7-15/h4,8-9H,5-7H2,1-3H3,(H,17,18). The van der Waals surface area contributed by atoms with E-state index in [0.29, 0.717) is 0 Å². The van der Waals surface area contributed by atoms with E-state index in [-0.39, 0.29) is 11.1 Å². The Kier molecular flexibility index (Phi) is 2.56. The minimum absolute atomic E-state index is 0.0148. The van der Waals surface area contributed by atoms with Crippen LogP contribution in [-0.4, -0.2) is 27.3 Å². The van der Waals surface area contributed by atoms with Crippen LogP contribution in [0.25, 0.3) is 0 Å². The number of carboxylic acid groups (broad SMARTS) is 1. The molecule has 3 saturated carbocycles. The Bertz CT molecular complexity index is 576. The number of aromatic nitrogens is 1. The molecule has 5 nitrogen and oxygen atoms in total. The summed E-state index contributed by atoms with van der Waals surface area (Å²) in [5.74, 6) is -0.304.